The van der Waals surface area contributed by atoms with Crippen LogP contribution in [0.25, 0.3) is 11.2 Å². The van der Waals surface area contributed by atoms with Gasteiger partial charge in [-0.05, 0) is 44.2 Å². The number of aliphatic hydroxyl groups is 1. The van der Waals surface area contributed by atoms with Crippen molar-refractivity contribution in [1.82, 2.24) is 19.5 Å². The summed E-state index contributed by atoms with van der Waals surface area (Å²) in [6, 6.07) is 4.06. The van der Waals surface area contributed by atoms with Gasteiger partial charge in [-0.2, -0.15) is 10.2 Å². The number of anilines is 3. The average molecular weight is 501 g/mol. The number of carbonyl (C=O) groups excluding carboxylic acids is 1. The fraction of sp³-hybridized carbons (Fsp3) is 0.435. The molecule has 12 heteroatoms. The lowest BCUT2D eigenvalue weighted by Crippen LogP contribution is -2.29. The van der Waals surface area contributed by atoms with Gasteiger partial charge in [-0.15, -0.1) is 0 Å². The molecule has 0 radical (unpaired) electrons. The molecule has 0 bridgehead atoms. The number of nitrogens with two attached hydrogens (primary N) is 1. The van der Waals surface area contributed by atoms with Gasteiger partial charge in [0.15, 0.2) is 5.65 Å². The summed E-state index contributed by atoms with van der Waals surface area (Å²) in [5.41, 5.74) is 6.60. The topological polar surface area (TPSA) is 155 Å². The molecule has 35 heavy (non-hydrogen) atoms. The lowest BCUT2D eigenvalue weighted by Gasteiger charge is -2.29. The minimum absolute atomic E-state index is 0.00863. The molecule has 4 rings (SSSR count). The molecule has 3 aromatic rings. The second-order valence-corrected chi connectivity index (χ2v) is 9.01. The molecule has 10 nitrogen and oxygen atoms in total. The summed E-state index contributed by atoms with van der Waals surface area (Å²) in [7, 11) is 0. The Morgan fingerprint density at radius 1 is 1.37 bits per heavy atom. The molecule has 184 valence electrons. The van der Waals surface area contributed by atoms with Crippen molar-refractivity contribution < 1.29 is 14.3 Å². The summed E-state index contributed by atoms with van der Waals surface area (Å²) in [5, 5.41) is 24.7. The smallest absolute Gasteiger partial charge is 0.225 e. The Kier molecular flexibility index (Phi) is 7.33. The van der Waals surface area contributed by atoms with Crippen LogP contribution in [0.3, 0.4) is 0 Å². The zero-order valence-electron chi connectivity index (χ0n) is 19.1. The number of imidazole rings is 1. The van der Waals surface area contributed by atoms with Crippen molar-refractivity contribution in [3.63, 3.8) is 0 Å². The van der Waals surface area contributed by atoms with E-state index in [1.54, 1.807) is 6.20 Å². The molecule has 1 fully saturated rings. The average Bonchev–Trinajstić information content (AvgIpc) is 3.21. The fourth-order valence-corrected chi connectivity index (χ4v) is 4.60. The van der Waals surface area contributed by atoms with Gasteiger partial charge < -0.3 is 21.5 Å². The number of nitrogens with one attached hydrogen (secondary N) is 2. The number of fused-ring (bicyclic) bond motifs is 1. The largest absolute Gasteiger partial charge is 0.394 e. The predicted octanol–water partition coefficient (Wildman–Crippen LogP) is 3.63. The van der Waals surface area contributed by atoms with E-state index in [-0.39, 0.29) is 46.8 Å². The highest BCUT2D eigenvalue weighted by atomic mass is 35.5. The second-order valence-electron chi connectivity index (χ2n) is 8.60. The third-order valence-electron chi connectivity index (χ3n) is 6.35. The van der Waals surface area contributed by atoms with Crippen LogP contribution >= 0.6 is 11.6 Å². The van der Waals surface area contributed by atoms with Crippen LogP contribution in [0.5, 0.6) is 0 Å². The van der Waals surface area contributed by atoms with Crippen LogP contribution in [0.2, 0.25) is 5.02 Å². The molecule has 1 atom stereocenters. The summed E-state index contributed by atoms with van der Waals surface area (Å²) in [6.45, 7) is 1.86. The molecule has 0 spiro atoms. The van der Waals surface area contributed by atoms with E-state index in [9.17, 15) is 14.3 Å². The SMILES string of the molecule is CCC(CO)Nc1ncc2nc(Nc3c(F)cc(C#N)cc3Cl)n(C3CCC(C(N)=O)CC3)c2n1. The highest BCUT2D eigenvalue weighted by Gasteiger charge is 2.29. The van der Waals surface area contributed by atoms with E-state index in [1.165, 1.54) is 6.07 Å². The normalized spacial score (nSPS) is 18.7. The first kappa shape index (κ1) is 24.6. The quantitative estimate of drug-likeness (QED) is 0.365. The van der Waals surface area contributed by atoms with Crippen molar-refractivity contribution in [3.05, 3.63) is 34.7 Å². The number of nitriles is 1. The number of primary amides is 1. The first-order valence-electron chi connectivity index (χ1n) is 11.4. The third-order valence-corrected chi connectivity index (χ3v) is 6.65. The molecular formula is C23H26ClFN8O2. The molecule has 1 saturated carbocycles. The Hall–Kier alpha value is -3.49. The fourth-order valence-electron chi connectivity index (χ4n) is 4.34. The maximum atomic E-state index is 14.8. The van der Waals surface area contributed by atoms with Crippen molar-refractivity contribution in [3.8, 4) is 6.07 Å². The molecule has 5 N–H and O–H groups in total. The summed E-state index contributed by atoms with van der Waals surface area (Å²) >= 11 is 6.26. The molecule has 1 unspecified atom stereocenters. The Morgan fingerprint density at radius 3 is 2.71 bits per heavy atom. The molecule has 1 amide bonds. The molecular weight excluding hydrogens is 475 g/mol. The van der Waals surface area contributed by atoms with Gasteiger partial charge in [0, 0.05) is 12.0 Å². The van der Waals surface area contributed by atoms with E-state index in [4.69, 9.17) is 22.6 Å². The van der Waals surface area contributed by atoms with Crippen molar-refractivity contribution in [2.24, 2.45) is 11.7 Å². The van der Waals surface area contributed by atoms with Crippen LogP contribution in [0.15, 0.2) is 18.3 Å². The van der Waals surface area contributed by atoms with E-state index in [1.807, 2.05) is 17.6 Å². The van der Waals surface area contributed by atoms with Crippen LogP contribution in [-0.2, 0) is 4.79 Å². The zero-order valence-corrected chi connectivity index (χ0v) is 19.9. The van der Waals surface area contributed by atoms with Crippen LogP contribution in [0.1, 0.15) is 50.6 Å². The van der Waals surface area contributed by atoms with Gasteiger partial charge in [-0.25, -0.2) is 14.4 Å². The van der Waals surface area contributed by atoms with E-state index in [2.05, 4.69) is 25.6 Å². The first-order valence-corrected chi connectivity index (χ1v) is 11.8. The maximum absolute atomic E-state index is 14.8. The summed E-state index contributed by atoms with van der Waals surface area (Å²) < 4.78 is 16.7. The second kappa shape index (κ2) is 10.4. The van der Waals surface area contributed by atoms with Gasteiger partial charge in [0.2, 0.25) is 17.8 Å². The van der Waals surface area contributed by atoms with E-state index >= 15 is 0 Å². The number of amides is 1. The number of aromatic nitrogens is 4. The number of halogens is 2. The van der Waals surface area contributed by atoms with Gasteiger partial charge in [-0.1, -0.05) is 18.5 Å². The van der Waals surface area contributed by atoms with Gasteiger partial charge in [-0.3, -0.25) is 9.36 Å². The van der Waals surface area contributed by atoms with E-state index < -0.39 is 5.82 Å². The molecule has 1 aromatic carbocycles. The number of rotatable bonds is 8. The molecule has 2 aromatic heterocycles. The monoisotopic (exact) mass is 500 g/mol. The lowest BCUT2D eigenvalue weighted by atomic mass is 9.85. The summed E-state index contributed by atoms with van der Waals surface area (Å²) in [6.07, 6.45) is 4.77. The van der Waals surface area contributed by atoms with Crippen molar-refractivity contribution in [2.45, 2.75) is 51.1 Å². The first-order chi connectivity index (χ1) is 16.8. The number of benzene rings is 1. The van der Waals surface area contributed by atoms with Crippen LogP contribution in [0.4, 0.5) is 22.0 Å². The van der Waals surface area contributed by atoms with Crippen molar-refractivity contribution in [1.29, 1.82) is 5.26 Å². The molecule has 0 aliphatic heterocycles. The van der Waals surface area contributed by atoms with Gasteiger partial charge in [0.1, 0.15) is 11.3 Å². The maximum Gasteiger partial charge on any atom is 0.225 e. The zero-order chi connectivity index (χ0) is 25.1. The van der Waals surface area contributed by atoms with Crippen molar-refractivity contribution >= 4 is 46.3 Å². The highest BCUT2D eigenvalue weighted by molar-refractivity contribution is 6.33. The van der Waals surface area contributed by atoms with Gasteiger partial charge in [0.05, 0.1) is 41.2 Å². The van der Waals surface area contributed by atoms with Crippen LogP contribution < -0.4 is 16.4 Å². The highest BCUT2D eigenvalue weighted by Crippen LogP contribution is 2.38. The Morgan fingerprint density at radius 2 is 2.11 bits per heavy atom. The minimum atomic E-state index is -0.688. The third kappa shape index (κ3) is 5.13. The summed E-state index contributed by atoms with van der Waals surface area (Å²) in [4.78, 5) is 25.2. The Balaban J connectivity index is 1.77. The van der Waals surface area contributed by atoms with E-state index in [0.29, 0.717) is 55.2 Å². The van der Waals surface area contributed by atoms with Gasteiger partial charge >= 0.3 is 0 Å². The van der Waals surface area contributed by atoms with Crippen LogP contribution in [-0.4, -0.2) is 43.2 Å². The van der Waals surface area contributed by atoms with Gasteiger partial charge in [0.25, 0.3) is 0 Å². The number of aliphatic hydroxyl groups excluding tert-OH is 1. The minimum Gasteiger partial charge on any atom is -0.394 e. The lowest BCUT2D eigenvalue weighted by molar-refractivity contribution is -0.122. The molecule has 1 aliphatic rings. The summed E-state index contributed by atoms with van der Waals surface area (Å²) in [5.74, 6) is -0.544. The predicted molar refractivity (Wildman–Crippen MR) is 130 cm³/mol. The van der Waals surface area contributed by atoms with Crippen molar-refractivity contribution in [2.75, 3.05) is 17.2 Å². The number of hydrogen-bond donors (Lipinski definition) is 4. The number of nitrogens with zero attached hydrogens (tertiary/aromatic N) is 5. The van der Waals surface area contributed by atoms with Crippen LogP contribution in [0, 0.1) is 23.1 Å². The molecule has 1 aliphatic carbocycles. The standard InChI is InChI=1S/C23H26ClFN8O2/c1-2-14(11-34)29-22-28-10-18-21(32-22)33(15-5-3-13(4-6-15)20(27)35)23(30-18)31-19-16(24)7-12(9-26)8-17(19)25/h7-8,10,13-15,34H,2-6,11H2,1H3,(H2,27,35)(H,30,31)(H,28,29,32). The number of carbonyl (C=O) groups is 1. The number of hydrogen-bond acceptors (Lipinski definition) is 8. The molecule has 0 saturated heterocycles. The molecule has 2 heterocycles. The Bertz CT molecular complexity index is 1260. The van der Waals surface area contributed by atoms with E-state index in [0.717, 1.165) is 6.07 Å². The Labute approximate surface area is 206 Å².